The number of carbonyl (C=O) groups is 1. The van der Waals surface area contributed by atoms with E-state index in [9.17, 15) is 4.79 Å². The molecule has 0 aliphatic carbocycles. The van der Waals surface area contributed by atoms with Gasteiger partial charge in [0.25, 0.3) is 0 Å². The van der Waals surface area contributed by atoms with Crippen LogP contribution in [0.15, 0.2) is 15.6 Å². The first-order chi connectivity index (χ1) is 13.2. The lowest BCUT2D eigenvalue weighted by atomic mass is 9.94. The minimum absolute atomic E-state index is 0.0366. The van der Waals surface area contributed by atoms with E-state index in [0.29, 0.717) is 12.4 Å². The van der Waals surface area contributed by atoms with Crippen LogP contribution in [0.5, 0.6) is 0 Å². The number of guanidine groups is 1. The number of oxazole rings is 1. The van der Waals surface area contributed by atoms with Crippen LogP contribution in [0.3, 0.4) is 0 Å². The van der Waals surface area contributed by atoms with Gasteiger partial charge in [0.1, 0.15) is 5.76 Å². The Hall–Kier alpha value is -2.09. The molecule has 1 aliphatic heterocycles. The summed E-state index contributed by atoms with van der Waals surface area (Å²) in [6.07, 6.45) is 4.79. The summed E-state index contributed by atoms with van der Waals surface area (Å²) >= 11 is 0. The van der Waals surface area contributed by atoms with E-state index in [1.54, 1.807) is 18.1 Å². The van der Waals surface area contributed by atoms with Crippen LogP contribution in [0, 0.1) is 0 Å². The Morgan fingerprint density at radius 1 is 1.39 bits per heavy atom. The van der Waals surface area contributed by atoms with Gasteiger partial charge in [-0.15, -0.1) is 0 Å². The zero-order chi connectivity index (χ0) is 20.7. The number of nitrogens with zero attached hydrogens (tertiary/aromatic N) is 4. The highest BCUT2D eigenvalue weighted by molar-refractivity contribution is 5.81. The van der Waals surface area contributed by atoms with Gasteiger partial charge in [-0.2, -0.15) is 0 Å². The molecule has 1 amide bonds. The van der Waals surface area contributed by atoms with Crippen molar-refractivity contribution in [3.8, 4) is 0 Å². The maximum Gasteiger partial charge on any atom is 0.239 e. The molecule has 1 atom stereocenters. The molecule has 28 heavy (non-hydrogen) atoms. The van der Waals surface area contributed by atoms with Crippen LogP contribution in [0.2, 0.25) is 0 Å². The molecule has 8 nitrogen and oxygen atoms in total. The first kappa shape index (κ1) is 22.2. The Kier molecular flexibility index (Phi) is 7.86. The van der Waals surface area contributed by atoms with Gasteiger partial charge in [0.2, 0.25) is 11.8 Å². The number of carbonyl (C=O) groups excluding carboxylic acids is 1. The van der Waals surface area contributed by atoms with Crippen LogP contribution in [-0.4, -0.2) is 73.5 Å². The molecule has 1 aromatic rings. The van der Waals surface area contributed by atoms with E-state index >= 15 is 0 Å². The molecule has 0 spiro atoms. The molecule has 8 heteroatoms. The number of rotatable bonds is 7. The van der Waals surface area contributed by atoms with Crippen LogP contribution in [0.1, 0.15) is 51.7 Å². The largest absolute Gasteiger partial charge is 0.443 e. The maximum absolute atomic E-state index is 12.3. The second kappa shape index (κ2) is 9.91. The molecule has 2 rings (SSSR count). The number of hydrogen-bond acceptors (Lipinski definition) is 5. The van der Waals surface area contributed by atoms with E-state index in [4.69, 9.17) is 4.42 Å². The number of nitrogens with one attached hydrogen (secondary N) is 2. The van der Waals surface area contributed by atoms with Crippen LogP contribution in [0.4, 0.5) is 0 Å². The van der Waals surface area contributed by atoms with Gasteiger partial charge in [0, 0.05) is 39.6 Å². The van der Waals surface area contributed by atoms with Crippen molar-refractivity contribution in [2.75, 3.05) is 40.8 Å². The fraction of sp³-hybridized carbons (Fsp3) is 0.750. The van der Waals surface area contributed by atoms with Crippen molar-refractivity contribution in [2.24, 2.45) is 4.99 Å². The topological polar surface area (TPSA) is 86.0 Å². The second-order valence-electron chi connectivity index (χ2n) is 8.50. The fourth-order valence-corrected chi connectivity index (χ4v) is 3.28. The molecule has 0 aromatic carbocycles. The van der Waals surface area contributed by atoms with Gasteiger partial charge in [-0.1, -0.05) is 20.8 Å². The van der Waals surface area contributed by atoms with E-state index in [1.165, 1.54) is 0 Å². The lowest BCUT2D eigenvalue weighted by Crippen LogP contribution is -2.44. The van der Waals surface area contributed by atoms with Crippen molar-refractivity contribution in [3.05, 3.63) is 17.8 Å². The molecule has 1 unspecified atom stereocenters. The SMILES string of the molecule is CN=C(NCCCN1CCCC1C(=O)N(C)C)NCc1ncc(C(C)(C)C)o1. The summed E-state index contributed by atoms with van der Waals surface area (Å²) in [7, 11) is 5.40. The highest BCUT2D eigenvalue weighted by atomic mass is 16.4. The van der Waals surface area contributed by atoms with Gasteiger partial charge in [-0.05, 0) is 25.8 Å². The third-order valence-corrected chi connectivity index (χ3v) is 4.93. The summed E-state index contributed by atoms with van der Waals surface area (Å²) < 4.78 is 5.79. The molecule has 1 fully saturated rings. The number of likely N-dealkylation sites (N-methyl/N-ethyl adjacent to an activating group) is 1. The van der Waals surface area contributed by atoms with E-state index in [0.717, 1.165) is 50.6 Å². The molecule has 0 bridgehead atoms. The molecule has 2 heterocycles. The minimum atomic E-state index is -0.0490. The number of hydrogen-bond donors (Lipinski definition) is 2. The summed E-state index contributed by atoms with van der Waals surface area (Å²) in [4.78, 5) is 24.8. The maximum atomic E-state index is 12.3. The summed E-state index contributed by atoms with van der Waals surface area (Å²) in [5.41, 5.74) is -0.0490. The number of aromatic nitrogens is 1. The highest BCUT2D eigenvalue weighted by Gasteiger charge is 2.31. The molecular weight excluding hydrogens is 356 g/mol. The number of amides is 1. The quantitative estimate of drug-likeness (QED) is 0.416. The molecule has 1 aromatic heterocycles. The zero-order valence-corrected chi connectivity index (χ0v) is 18.2. The molecule has 1 aliphatic rings. The van der Waals surface area contributed by atoms with Crippen molar-refractivity contribution in [2.45, 2.75) is 58.0 Å². The Morgan fingerprint density at radius 2 is 2.14 bits per heavy atom. The minimum Gasteiger partial charge on any atom is -0.443 e. The average molecular weight is 393 g/mol. The smallest absolute Gasteiger partial charge is 0.239 e. The van der Waals surface area contributed by atoms with Gasteiger partial charge in [-0.3, -0.25) is 14.7 Å². The molecule has 158 valence electrons. The zero-order valence-electron chi connectivity index (χ0n) is 18.2. The normalized spacial score (nSPS) is 18.4. The van der Waals surface area contributed by atoms with Crippen molar-refractivity contribution < 1.29 is 9.21 Å². The van der Waals surface area contributed by atoms with Crippen LogP contribution >= 0.6 is 0 Å². The molecule has 0 saturated carbocycles. The van der Waals surface area contributed by atoms with Gasteiger partial charge in [-0.25, -0.2) is 4.98 Å². The van der Waals surface area contributed by atoms with Crippen LogP contribution in [-0.2, 0) is 16.8 Å². The third kappa shape index (κ3) is 6.22. The van der Waals surface area contributed by atoms with Gasteiger partial charge < -0.3 is 20.0 Å². The van der Waals surface area contributed by atoms with Crippen LogP contribution < -0.4 is 10.6 Å². The first-order valence-electron chi connectivity index (χ1n) is 10.1. The van der Waals surface area contributed by atoms with Gasteiger partial charge in [0.05, 0.1) is 18.8 Å². The Labute approximate surface area is 168 Å². The molecular formula is C20H36N6O2. The monoisotopic (exact) mass is 392 g/mol. The Balaban J connectivity index is 1.71. The summed E-state index contributed by atoms with van der Waals surface area (Å²) in [6.45, 7) is 9.48. The van der Waals surface area contributed by atoms with Gasteiger partial charge in [0.15, 0.2) is 5.96 Å². The predicted octanol–water partition coefficient (Wildman–Crippen LogP) is 1.58. The molecule has 2 N–H and O–H groups in total. The van der Waals surface area contributed by atoms with Crippen molar-refractivity contribution in [3.63, 3.8) is 0 Å². The lowest BCUT2D eigenvalue weighted by molar-refractivity contribution is -0.133. The van der Waals surface area contributed by atoms with E-state index in [-0.39, 0.29) is 17.4 Å². The average Bonchev–Trinajstić information content (AvgIpc) is 3.29. The van der Waals surface area contributed by atoms with E-state index in [2.05, 4.69) is 46.3 Å². The highest BCUT2D eigenvalue weighted by Crippen LogP contribution is 2.22. The molecule has 0 radical (unpaired) electrons. The summed E-state index contributed by atoms with van der Waals surface area (Å²) in [6, 6.07) is 0.0366. The Morgan fingerprint density at radius 3 is 2.75 bits per heavy atom. The van der Waals surface area contributed by atoms with Crippen molar-refractivity contribution in [1.29, 1.82) is 0 Å². The first-order valence-corrected chi connectivity index (χ1v) is 10.1. The van der Waals surface area contributed by atoms with Crippen LogP contribution in [0.25, 0.3) is 0 Å². The van der Waals surface area contributed by atoms with Gasteiger partial charge >= 0.3 is 0 Å². The summed E-state index contributed by atoms with van der Waals surface area (Å²) in [5, 5.41) is 6.54. The summed E-state index contributed by atoms with van der Waals surface area (Å²) in [5.74, 6) is 2.45. The molecule has 1 saturated heterocycles. The van der Waals surface area contributed by atoms with Crippen molar-refractivity contribution in [1.82, 2.24) is 25.4 Å². The van der Waals surface area contributed by atoms with E-state index in [1.807, 2.05) is 14.1 Å². The number of likely N-dealkylation sites (tertiary alicyclic amines) is 1. The standard InChI is InChI=1S/C20H36N6O2/c1-20(2,3)16-13-23-17(28-16)14-24-19(21-4)22-10-8-12-26-11-7-9-15(26)18(27)25(5)6/h13,15H,7-12,14H2,1-6H3,(H2,21,22,24). The lowest BCUT2D eigenvalue weighted by Gasteiger charge is -2.26. The fourth-order valence-electron chi connectivity index (χ4n) is 3.28. The number of aliphatic imine (C=N–C) groups is 1. The third-order valence-electron chi connectivity index (χ3n) is 4.93. The van der Waals surface area contributed by atoms with Crippen molar-refractivity contribution >= 4 is 11.9 Å². The second-order valence-corrected chi connectivity index (χ2v) is 8.50. The Bertz CT molecular complexity index is 662. The predicted molar refractivity (Wildman–Crippen MR) is 111 cm³/mol. The van der Waals surface area contributed by atoms with E-state index < -0.39 is 0 Å².